The van der Waals surface area contributed by atoms with Gasteiger partial charge in [-0.25, -0.2) is 0 Å². The van der Waals surface area contributed by atoms with E-state index in [1.807, 2.05) is 18.2 Å². The van der Waals surface area contributed by atoms with Crippen molar-refractivity contribution in [3.8, 4) is 11.1 Å². The smallest absolute Gasteiger partial charge is 0.163 e. The SMILES string of the molecule is CC1(C)CC(=O)C2=C(C1)Nc1ccccc1N[C@@H]2c1ccc(-c2ccccc2)cc1. The molecule has 0 bridgehead atoms. The van der Waals surface area contributed by atoms with Crippen molar-refractivity contribution in [1.82, 2.24) is 0 Å². The first-order chi connectivity index (χ1) is 14.5. The van der Waals surface area contributed by atoms with E-state index in [1.165, 1.54) is 11.1 Å². The highest BCUT2D eigenvalue weighted by Crippen LogP contribution is 2.45. The molecule has 1 atom stereocenters. The quantitative estimate of drug-likeness (QED) is 0.516. The van der Waals surface area contributed by atoms with Crippen molar-refractivity contribution in [1.29, 1.82) is 0 Å². The Morgan fingerprint density at radius 2 is 1.40 bits per heavy atom. The van der Waals surface area contributed by atoms with Gasteiger partial charge in [-0.15, -0.1) is 0 Å². The molecule has 2 N–H and O–H groups in total. The van der Waals surface area contributed by atoms with Crippen LogP contribution in [0.5, 0.6) is 0 Å². The zero-order valence-electron chi connectivity index (χ0n) is 17.4. The van der Waals surface area contributed by atoms with Crippen LogP contribution < -0.4 is 10.6 Å². The highest BCUT2D eigenvalue weighted by Gasteiger charge is 2.38. The maximum absolute atomic E-state index is 13.3. The van der Waals surface area contributed by atoms with Gasteiger partial charge in [0.05, 0.1) is 17.4 Å². The molecule has 3 aromatic rings. The molecule has 0 spiro atoms. The number of Topliss-reactive ketones (excluding diaryl/α,β-unsaturated/α-hetero) is 1. The second kappa shape index (κ2) is 7.17. The van der Waals surface area contributed by atoms with Crippen LogP contribution in [0.25, 0.3) is 11.1 Å². The first-order valence-corrected chi connectivity index (χ1v) is 10.5. The Kier molecular flexibility index (Phi) is 4.47. The average molecular weight is 395 g/mol. The van der Waals surface area contributed by atoms with Crippen LogP contribution in [-0.2, 0) is 4.79 Å². The third-order valence-corrected chi connectivity index (χ3v) is 6.07. The predicted molar refractivity (Wildman–Crippen MR) is 123 cm³/mol. The van der Waals surface area contributed by atoms with E-state index in [4.69, 9.17) is 0 Å². The summed E-state index contributed by atoms with van der Waals surface area (Å²) >= 11 is 0. The number of carbonyl (C=O) groups excluding carboxylic acids is 1. The summed E-state index contributed by atoms with van der Waals surface area (Å²) in [5.41, 5.74) is 7.41. The summed E-state index contributed by atoms with van der Waals surface area (Å²) in [6, 6.07) is 27.0. The lowest BCUT2D eigenvalue weighted by atomic mass is 9.73. The Hall–Kier alpha value is -3.33. The van der Waals surface area contributed by atoms with Crippen LogP contribution in [0.2, 0.25) is 0 Å². The minimum atomic E-state index is -0.162. The van der Waals surface area contributed by atoms with E-state index in [0.717, 1.165) is 34.6 Å². The predicted octanol–water partition coefficient (Wildman–Crippen LogP) is 6.58. The number of para-hydroxylation sites is 2. The number of hydrogen-bond donors (Lipinski definition) is 2. The third-order valence-electron chi connectivity index (χ3n) is 6.07. The van der Waals surface area contributed by atoms with Gasteiger partial charge in [-0.05, 0) is 40.7 Å². The van der Waals surface area contributed by atoms with Gasteiger partial charge in [0.15, 0.2) is 5.78 Å². The van der Waals surface area contributed by atoms with Gasteiger partial charge in [0, 0.05) is 17.7 Å². The molecule has 2 aliphatic rings. The summed E-state index contributed by atoms with van der Waals surface area (Å²) in [6.45, 7) is 4.34. The number of anilines is 2. The van der Waals surface area contributed by atoms with Crippen molar-refractivity contribution >= 4 is 17.2 Å². The lowest BCUT2D eigenvalue weighted by Crippen LogP contribution is -2.31. The molecule has 3 heteroatoms. The lowest BCUT2D eigenvalue weighted by Gasteiger charge is -2.34. The molecule has 0 unspecified atom stereocenters. The molecule has 3 nitrogen and oxygen atoms in total. The molecule has 30 heavy (non-hydrogen) atoms. The van der Waals surface area contributed by atoms with Crippen molar-refractivity contribution in [3.05, 3.63) is 95.7 Å². The minimum Gasteiger partial charge on any atom is -0.372 e. The number of rotatable bonds is 2. The average Bonchev–Trinajstić information content (AvgIpc) is 2.90. The molecule has 0 radical (unpaired) electrons. The number of allylic oxidation sites excluding steroid dienone is 1. The van der Waals surface area contributed by atoms with Crippen molar-refractivity contribution in [3.63, 3.8) is 0 Å². The zero-order valence-corrected chi connectivity index (χ0v) is 17.4. The van der Waals surface area contributed by atoms with Crippen LogP contribution in [0, 0.1) is 5.41 Å². The molecule has 0 aromatic heterocycles. The molecule has 1 heterocycles. The van der Waals surface area contributed by atoms with Crippen molar-refractivity contribution < 1.29 is 4.79 Å². The molecule has 5 rings (SSSR count). The van der Waals surface area contributed by atoms with E-state index in [-0.39, 0.29) is 17.2 Å². The van der Waals surface area contributed by atoms with E-state index in [9.17, 15) is 4.79 Å². The summed E-state index contributed by atoms with van der Waals surface area (Å²) in [5.74, 6) is 0.228. The van der Waals surface area contributed by atoms with Crippen molar-refractivity contribution in [2.75, 3.05) is 10.6 Å². The minimum absolute atomic E-state index is 0.0378. The third kappa shape index (κ3) is 3.41. The summed E-state index contributed by atoms with van der Waals surface area (Å²) < 4.78 is 0. The molecule has 3 aromatic carbocycles. The van der Waals surface area contributed by atoms with E-state index < -0.39 is 0 Å². The highest BCUT2D eigenvalue weighted by molar-refractivity contribution is 6.01. The lowest BCUT2D eigenvalue weighted by molar-refractivity contribution is -0.118. The molecular weight excluding hydrogens is 368 g/mol. The first-order valence-electron chi connectivity index (χ1n) is 10.5. The number of carbonyl (C=O) groups is 1. The van der Waals surface area contributed by atoms with Gasteiger partial charge in [-0.3, -0.25) is 4.79 Å². The molecule has 1 aliphatic heterocycles. The van der Waals surface area contributed by atoms with Crippen molar-refractivity contribution in [2.45, 2.75) is 32.7 Å². The van der Waals surface area contributed by atoms with Gasteiger partial charge in [-0.2, -0.15) is 0 Å². The van der Waals surface area contributed by atoms with Crippen LogP contribution >= 0.6 is 0 Å². The summed E-state index contributed by atoms with van der Waals surface area (Å²) in [7, 11) is 0. The molecule has 150 valence electrons. The fourth-order valence-corrected chi connectivity index (χ4v) is 4.64. The Labute approximate surface area is 177 Å². The van der Waals surface area contributed by atoms with Crippen LogP contribution in [0.1, 0.15) is 38.3 Å². The van der Waals surface area contributed by atoms with Crippen LogP contribution in [-0.4, -0.2) is 5.78 Å². The van der Waals surface area contributed by atoms with Crippen LogP contribution in [0.15, 0.2) is 90.1 Å². The van der Waals surface area contributed by atoms with E-state index in [1.54, 1.807) is 0 Å². The first kappa shape index (κ1) is 18.7. The molecule has 0 fully saturated rings. The number of ketones is 1. The standard InChI is InChI=1S/C27H26N2O/c1-27(2)16-23-25(24(30)17-27)26(29-22-11-7-6-10-21(22)28-23)20-14-12-19(13-15-20)18-8-4-3-5-9-18/h3-15,26,28-29H,16-17H2,1-2H3/t26-/m1/s1. The summed E-state index contributed by atoms with van der Waals surface area (Å²) in [5, 5.41) is 7.23. The molecule has 0 saturated heterocycles. The Balaban J connectivity index is 1.59. The molecule has 1 aliphatic carbocycles. The van der Waals surface area contributed by atoms with Crippen molar-refractivity contribution in [2.24, 2.45) is 5.41 Å². The fourth-order valence-electron chi connectivity index (χ4n) is 4.64. The van der Waals surface area contributed by atoms with Gasteiger partial charge in [0.2, 0.25) is 0 Å². The second-order valence-electron chi connectivity index (χ2n) is 9.07. The van der Waals surface area contributed by atoms with Gasteiger partial charge in [0.1, 0.15) is 0 Å². The summed E-state index contributed by atoms with van der Waals surface area (Å²) in [4.78, 5) is 13.3. The summed E-state index contributed by atoms with van der Waals surface area (Å²) in [6.07, 6.45) is 1.44. The number of fused-ring (bicyclic) bond motifs is 1. The van der Waals surface area contributed by atoms with Gasteiger partial charge < -0.3 is 10.6 Å². The molecule has 0 saturated carbocycles. The number of nitrogens with one attached hydrogen (secondary N) is 2. The Bertz CT molecular complexity index is 1130. The maximum Gasteiger partial charge on any atom is 0.163 e. The van der Waals surface area contributed by atoms with E-state index >= 15 is 0 Å². The Morgan fingerprint density at radius 1 is 0.767 bits per heavy atom. The highest BCUT2D eigenvalue weighted by atomic mass is 16.1. The number of benzene rings is 3. The topological polar surface area (TPSA) is 41.1 Å². The Morgan fingerprint density at radius 3 is 2.13 bits per heavy atom. The fraction of sp³-hybridized carbons (Fsp3) is 0.222. The van der Waals surface area contributed by atoms with Gasteiger partial charge in [-0.1, -0.05) is 80.6 Å². The van der Waals surface area contributed by atoms with E-state index in [0.29, 0.717) is 6.42 Å². The molecule has 0 amide bonds. The van der Waals surface area contributed by atoms with Gasteiger partial charge >= 0.3 is 0 Å². The normalized spacial score (nSPS) is 19.8. The second-order valence-corrected chi connectivity index (χ2v) is 9.07. The van der Waals surface area contributed by atoms with E-state index in [2.05, 4.69) is 85.1 Å². The van der Waals surface area contributed by atoms with Crippen LogP contribution in [0.3, 0.4) is 0 Å². The van der Waals surface area contributed by atoms with Gasteiger partial charge in [0.25, 0.3) is 0 Å². The van der Waals surface area contributed by atoms with Crippen LogP contribution in [0.4, 0.5) is 11.4 Å². The number of hydrogen-bond acceptors (Lipinski definition) is 3. The maximum atomic E-state index is 13.3. The molecular formula is C27H26N2O. The zero-order chi connectivity index (χ0) is 20.7. The monoisotopic (exact) mass is 394 g/mol. The largest absolute Gasteiger partial charge is 0.372 e.